The highest BCUT2D eigenvalue weighted by Crippen LogP contribution is 2.31. The van der Waals surface area contributed by atoms with Crippen LogP contribution in [0.15, 0.2) is 72.9 Å². The Labute approximate surface area is 174 Å². The van der Waals surface area contributed by atoms with Crippen LogP contribution < -0.4 is 4.74 Å². The number of hydrogen-bond donors (Lipinski definition) is 1. The first-order chi connectivity index (χ1) is 14.5. The Morgan fingerprint density at radius 1 is 1.00 bits per heavy atom. The molecule has 4 aromatic rings. The molecule has 0 bridgehead atoms. The highest BCUT2D eigenvalue weighted by atomic mass is 19.1. The molecule has 152 valence electrons. The van der Waals surface area contributed by atoms with Gasteiger partial charge in [-0.1, -0.05) is 13.3 Å². The van der Waals surface area contributed by atoms with Gasteiger partial charge in [0.15, 0.2) is 5.78 Å². The number of nitrogens with zero attached hydrogens (tertiary/aromatic N) is 1. The second kappa shape index (κ2) is 8.41. The maximum atomic E-state index is 13.2. The number of carbonyl (C=O) groups is 1. The number of aryl methyl sites for hydroxylation is 1. The lowest BCUT2D eigenvalue weighted by atomic mass is 10.0. The van der Waals surface area contributed by atoms with Crippen molar-refractivity contribution < 1.29 is 19.0 Å². The van der Waals surface area contributed by atoms with E-state index in [0.29, 0.717) is 22.6 Å². The molecule has 0 aliphatic rings. The van der Waals surface area contributed by atoms with Crippen molar-refractivity contribution in [1.29, 1.82) is 0 Å². The SMILES string of the molecule is CCCCn1cc(C(=O)c2ccc(O)cc2)c2cc(Oc3ccc(F)cc3)ccc21. The van der Waals surface area contributed by atoms with Crippen LogP contribution in [0, 0.1) is 5.82 Å². The van der Waals surface area contributed by atoms with Crippen molar-refractivity contribution in [2.45, 2.75) is 26.3 Å². The second-order valence-electron chi connectivity index (χ2n) is 7.20. The van der Waals surface area contributed by atoms with Gasteiger partial charge in [-0.2, -0.15) is 0 Å². The summed E-state index contributed by atoms with van der Waals surface area (Å²) in [6.07, 6.45) is 3.94. The lowest BCUT2D eigenvalue weighted by Crippen LogP contribution is -2.00. The number of ether oxygens (including phenoxy) is 1. The van der Waals surface area contributed by atoms with Crippen LogP contribution >= 0.6 is 0 Å². The average molecular weight is 403 g/mol. The summed E-state index contributed by atoms with van der Waals surface area (Å²) < 4.78 is 21.1. The normalized spacial score (nSPS) is 11.0. The van der Waals surface area contributed by atoms with E-state index in [1.165, 1.54) is 24.3 Å². The van der Waals surface area contributed by atoms with Crippen molar-refractivity contribution in [3.8, 4) is 17.2 Å². The Morgan fingerprint density at radius 3 is 2.40 bits per heavy atom. The number of aromatic nitrogens is 1. The number of carbonyl (C=O) groups excluding carboxylic acids is 1. The third kappa shape index (κ3) is 4.06. The van der Waals surface area contributed by atoms with Gasteiger partial charge in [-0.3, -0.25) is 4.79 Å². The zero-order valence-electron chi connectivity index (χ0n) is 16.6. The van der Waals surface area contributed by atoms with E-state index in [0.717, 1.165) is 30.3 Å². The molecule has 1 heterocycles. The van der Waals surface area contributed by atoms with Gasteiger partial charge in [0.05, 0.1) is 0 Å². The van der Waals surface area contributed by atoms with Gasteiger partial charge in [0.1, 0.15) is 23.1 Å². The number of rotatable bonds is 7. The number of aromatic hydroxyl groups is 1. The maximum absolute atomic E-state index is 13.2. The predicted molar refractivity (Wildman–Crippen MR) is 115 cm³/mol. The summed E-state index contributed by atoms with van der Waals surface area (Å²) in [5.74, 6) is 0.767. The first-order valence-corrected chi connectivity index (χ1v) is 9.95. The van der Waals surface area contributed by atoms with Gasteiger partial charge in [0.2, 0.25) is 0 Å². The van der Waals surface area contributed by atoms with Gasteiger partial charge in [0, 0.05) is 34.8 Å². The van der Waals surface area contributed by atoms with E-state index in [2.05, 4.69) is 11.5 Å². The molecule has 0 atom stereocenters. The standard InChI is InChI=1S/C25H22FNO3/c1-2-3-14-27-16-23(25(29)17-4-8-19(28)9-5-17)22-15-21(12-13-24(22)27)30-20-10-6-18(26)7-11-20/h4-13,15-16,28H,2-3,14H2,1H3. The van der Waals surface area contributed by atoms with E-state index in [9.17, 15) is 14.3 Å². The molecular formula is C25H22FNO3. The largest absolute Gasteiger partial charge is 0.508 e. The minimum absolute atomic E-state index is 0.116. The molecule has 0 saturated heterocycles. The number of ketones is 1. The number of fused-ring (bicyclic) bond motifs is 1. The fourth-order valence-electron chi connectivity index (χ4n) is 3.44. The zero-order valence-corrected chi connectivity index (χ0v) is 16.6. The highest BCUT2D eigenvalue weighted by molar-refractivity contribution is 6.16. The van der Waals surface area contributed by atoms with Crippen LogP contribution in [0.4, 0.5) is 4.39 Å². The van der Waals surface area contributed by atoms with Gasteiger partial charge >= 0.3 is 0 Å². The summed E-state index contributed by atoms with van der Waals surface area (Å²) in [5, 5.41) is 10.3. The van der Waals surface area contributed by atoms with Crippen molar-refractivity contribution in [2.75, 3.05) is 0 Å². The predicted octanol–water partition coefficient (Wildman–Crippen LogP) is 6.31. The molecule has 30 heavy (non-hydrogen) atoms. The number of halogens is 1. The third-order valence-electron chi connectivity index (χ3n) is 5.03. The molecule has 0 radical (unpaired) electrons. The van der Waals surface area contributed by atoms with Gasteiger partial charge in [-0.05, 0) is 73.2 Å². The van der Waals surface area contributed by atoms with Gasteiger partial charge < -0.3 is 14.4 Å². The lowest BCUT2D eigenvalue weighted by molar-refractivity contribution is 0.104. The smallest absolute Gasteiger partial charge is 0.195 e. The number of phenols is 1. The third-order valence-corrected chi connectivity index (χ3v) is 5.03. The molecule has 4 nitrogen and oxygen atoms in total. The fraction of sp³-hybridized carbons (Fsp3) is 0.160. The summed E-state index contributed by atoms with van der Waals surface area (Å²) in [7, 11) is 0. The van der Waals surface area contributed by atoms with Crippen molar-refractivity contribution in [3.63, 3.8) is 0 Å². The first-order valence-electron chi connectivity index (χ1n) is 9.95. The van der Waals surface area contributed by atoms with Crippen LogP contribution in [-0.4, -0.2) is 15.5 Å². The molecule has 1 N–H and O–H groups in total. The van der Waals surface area contributed by atoms with Crippen LogP contribution in [-0.2, 0) is 6.54 Å². The van der Waals surface area contributed by atoms with Gasteiger partial charge in [-0.25, -0.2) is 4.39 Å². The summed E-state index contributed by atoms with van der Waals surface area (Å²) >= 11 is 0. The molecule has 5 heteroatoms. The summed E-state index contributed by atoms with van der Waals surface area (Å²) in [6, 6.07) is 17.7. The Kier molecular flexibility index (Phi) is 5.53. The number of hydrogen-bond acceptors (Lipinski definition) is 3. The molecule has 0 unspecified atom stereocenters. The Hall–Kier alpha value is -3.60. The molecule has 0 fully saturated rings. The topological polar surface area (TPSA) is 51.5 Å². The molecule has 0 aliphatic carbocycles. The minimum atomic E-state index is -0.326. The maximum Gasteiger partial charge on any atom is 0.195 e. The second-order valence-corrected chi connectivity index (χ2v) is 7.20. The Balaban J connectivity index is 1.75. The number of unbranched alkanes of at least 4 members (excludes halogenated alkanes) is 1. The van der Waals surface area contributed by atoms with E-state index < -0.39 is 0 Å². The number of phenolic OH excluding ortho intramolecular Hbond substituents is 1. The first kappa shape index (κ1) is 19.7. The lowest BCUT2D eigenvalue weighted by Gasteiger charge is -2.08. The van der Waals surface area contributed by atoms with E-state index >= 15 is 0 Å². The van der Waals surface area contributed by atoms with Crippen molar-refractivity contribution in [3.05, 3.63) is 89.9 Å². The molecule has 0 amide bonds. The van der Waals surface area contributed by atoms with Crippen LogP contribution in [0.5, 0.6) is 17.2 Å². The minimum Gasteiger partial charge on any atom is -0.508 e. The highest BCUT2D eigenvalue weighted by Gasteiger charge is 2.18. The van der Waals surface area contributed by atoms with Gasteiger partial charge in [0.25, 0.3) is 0 Å². The average Bonchev–Trinajstić information content (AvgIpc) is 3.12. The fourth-order valence-corrected chi connectivity index (χ4v) is 3.44. The molecular weight excluding hydrogens is 381 g/mol. The van der Waals surface area contributed by atoms with E-state index in [4.69, 9.17) is 4.74 Å². The Bertz CT molecular complexity index is 1180. The van der Waals surface area contributed by atoms with Crippen LogP contribution in [0.3, 0.4) is 0 Å². The molecule has 1 aromatic heterocycles. The van der Waals surface area contributed by atoms with Crippen LogP contribution in [0.25, 0.3) is 10.9 Å². The molecule has 3 aromatic carbocycles. The summed E-state index contributed by atoms with van der Waals surface area (Å²) in [5.41, 5.74) is 2.04. The molecule has 4 rings (SSSR count). The van der Waals surface area contributed by atoms with E-state index in [-0.39, 0.29) is 17.3 Å². The van der Waals surface area contributed by atoms with E-state index in [1.54, 1.807) is 24.3 Å². The molecule has 0 aliphatic heterocycles. The van der Waals surface area contributed by atoms with Gasteiger partial charge in [-0.15, -0.1) is 0 Å². The molecule has 0 saturated carbocycles. The molecule has 0 spiro atoms. The van der Waals surface area contributed by atoms with Crippen LogP contribution in [0.2, 0.25) is 0 Å². The zero-order chi connectivity index (χ0) is 21.1. The van der Waals surface area contributed by atoms with Crippen molar-refractivity contribution in [1.82, 2.24) is 4.57 Å². The quantitative estimate of drug-likeness (QED) is 0.368. The van der Waals surface area contributed by atoms with E-state index in [1.807, 2.05) is 24.4 Å². The number of benzene rings is 3. The summed E-state index contributed by atoms with van der Waals surface area (Å²) in [4.78, 5) is 13.2. The monoisotopic (exact) mass is 403 g/mol. The van der Waals surface area contributed by atoms with Crippen LogP contribution in [0.1, 0.15) is 35.7 Å². The summed E-state index contributed by atoms with van der Waals surface area (Å²) in [6.45, 7) is 2.94. The van der Waals surface area contributed by atoms with Crippen molar-refractivity contribution in [2.24, 2.45) is 0 Å². The Morgan fingerprint density at radius 2 is 1.70 bits per heavy atom. The van der Waals surface area contributed by atoms with Crippen molar-refractivity contribution >= 4 is 16.7 Å².